The van der Waals surface area contributed by atoms with Crippen molar-refractivity contribution in [2.45, 2.75) is 51.1 Å². The first-order chi connectivity index (χ1) is 13.8. The molecule has 0 atom stereocenters. The topological polar surface area (TPSA) is 64.6 Å². The average Bonchev–Trinajstić information content (AvgIpc) is 2.64. The molecule has 0 aliphatic carbocycles. The molecule has 0 aliphatic heterocycles. The second-order valence-electron chi connectivity index (χ2n) is 8.26. The van der Waals surface area contributed by atoms with E-state index < -0.39 is 16.6 Å². The molecule has 0 amide bonds. The number of hydrogen-bond donors (Lipinski definition) is 0. The number of rotatable bonds is 22. The summed E-state index contributed by atoms with van der Waals surface area (Å²) >= 11 is 0. The predicted octanol–water partition coefficient (Wildman–Crippen LogP) is 3.55. The molecule has 0 heterocycles. The van der Waals surface area contributed by atoms with Crippen molar-refractivity contribution in [2.24, 2.45) is 0 Å². The zero-order valence-corrected chi connectivity index (χ0v) is 21.8. The maximum Gasteiger partial charge on any atom is 0.173 e. The highest BCUT2D eigenvalue weighted by atomic mass is 28.4. The van der Waals surface area contributed by atoms with Crippen LogP contribution < -0.4 is 0 Å². The van der Waals surface area contributed by atoms with Crippen LogP contribution in [-0.4, -0.2) is 96.9 Å². The van der Waals surface area contributed by atoms with E-state index in [0.29, 0.717) is 52.9 Å². The summed E-state index contributed by atoms with van der Waals surface area (Å²) < 4.78 is 38.6. The minimum Gasteiger partial charge on any atom is -0.455 e. The highest BCUT2D eigenvalue weighted by molar-refractivity contribution is 6.84. The summed E-state index contributed by atoms with van der Waals surface area (Å²) in [6.07, 6.45) is 2.10. The highest BCUT2D eigenvalue weighted by Crippen LogP contribution is 2.23. The smallest absolute Gasteiger partial charge is 0.173 e. The fourth-order valence-electron chi connectivity index (χ4n) is 2.98. The van der Waals surface area contributed by atoms with Gasteiger partial charge >= 0.3 is 0 Å². The maximum atomic E-state index is 6.66. The van der Waals surface area contributed by atoms with Crippen molar-refractivity contribution in [2.75, 3.05) is 80.3 Å². The predicted molar refractivity (Wildman–Crippen MR) is 122 cm³/mol. The molecule has 0 bridgehead atoms. The van der Waals surface area contributed by atoms with Crippen molar-refractivity contribution < 1.29 is 32.5 Å². The third-order valence-electron chi connectivity index (χ3n) is 4.30. The molecule has 0 spiro atoms. The summed E-state index contributed by atoms with van der Waals surface area (Å²) in [5.74, 6) is 0. The first-order valence-electron chi connectivity index (χ1n) is 10.8. The molecule has 0 radical (unpaired) electrons. The summed E-state index contributed by atoms with van der Waals surface area (Å²) in [4.78, 5) is 0. The van der Waals surface area contributed by atoms with Gasteiger partial charge in [-0.2, -0.15) is 0 Å². The van der Waals surface area contributed by atoms with Gasteiger partial charge in [-0.3, -0.25) is 0 Å². The van der Waals surface area contributed by atoms with Crippen LogP contribution in [0.15, 0.2) is 0 Å². The van der Waals surface area contributed by atoms with Crippen molar-refractivity contribution in [1.29, 1.82) is 0 Å². The van der Waals surface area contributed by atoms with Crippen molar-refractivity contribution in [3.63, 3.8) is 0 Å². The molecule has 0 aromatic carbocycles. The molecular formula is C20H46O7Si2. The summed E-state index contributed by atoms with van der Waals surface area (Å²) in [5.41, 5.74) is 0. The van der Waals surface area contributed by atoms with Gasteiger partial charge in [-0.05, 0) is 51.1 Å². The van der Waals surface area contributed by atoms with E-state index in [1.165, 1.54) is 0 Å². The lowest BCUT2D eigenvalue weighted by atomic mass is 10.5. The molecule has 0 saturated heterocycles. The van der Waals surface area contributed by atoms with Crippen LogP contribution in [-0.2, 0) is 32.5 Å². The molecule has 7 nitrogen and oxygen atoms in total. The van der Waals surface area contributed by atoms with Gasteiger partial charge in [-0.15, -0.1) is 0 Å². The van der Waals surface area contributed by atoms with Crippen LogP contribution >= 0.6 is 0 Å². The van der Waals surface area contributed by atoms with Crippen LogP contribution in [0.3, 0.4) is 0 Å². The van der Waals surface area contributed by atoms with Gasteiger partial charge in [0, 0.05) is 27.4 Å². The Balaban J connectivity index is 3.69. The Morgan fingerprint density at radius 3 is 1.10 bits per heavy atom. The highest BCUT2D eigenvalue weighted by Gasteiger charge is 2.32. The Labute approximate surface area is 180 Å². The SMILES string of the molecule is COCCOCCOCCC[Si](C)(C)O[Si](C)(C)CCCOCCOCCOC. The Morgan fingerprint density at radius 2 is 0.759 bits per heavy atom. The molecule has 29 heavy (non-hydrogen) atoms. The molecule has 0 fully saturated rings. The number of hydrogen-bond acceptors (Lipinski definition) is 7. The van der Waals surface area contributed by atoms with E-state index in [-0.39, 0.29) is 0 Å². The molecule has 0 N–H and O–H groups in total. The first kappa shape index (κ1) is 29.2. The van der Waals surface area contributed by atoms with E-state index in [9.17, 15) is 0 Å². The lowest BCUT2D eigenvalue weighted by Crippen LogP contribution is -2.44. The molecule has 0 rings (SSSR count). The number of ether oxygens (including phenoxy) is 6. The Bertz CT molecular complexity index is 326. The van der Waals surface area contributed by atoms with Crippen molar-refractivity contribution >= 4 is 16.6 Å². The van der Waals surface area contributed by atoms with E-state index in [1.54, 1.807) is 14.2 Å². The van der Waals surface area contributed by atoms with Crippen LogP contribution in [0.25, 0.3) is 0 Å². The zero-order valence-electron chi connectivity index (χ0n) is 19.8. The third-order valence-corrected chi connectivity index (χ3v) is 11.8. The number of methoxy groups -OCH3 is 2. The molecule has 0 aliphatic rings. The Hall–Kier alpha value is 0.154. The van der Waals surface area contributed by atoms with Crippen LogP contribution in [0.5, 0.6) is 0 Å². The summed E-state index contributed by atoms with van der Waals surface area (Å²) in [7, 11) is 0.0338. The van der Waals surface area contributed by atoms with Crippen LogP contribution in [0.2, 0.25) is 38.3 Å². The molecule has 0 saturated carbocycles. The van der Waals surface area contributed by atoms with E-state index in [1.807, 2.05) is 0 Å². The molecule has 0 unspecified atom stereocenters. The van der Waals surface area contributed by atoms with E-state index >= 15 is 0 Å². The van der Waals surface area contributed by atoms with Crippen molar-refractivity contribution in [1.82, 2.24) is 0 Å². The van der Waals surface area contributed by atoms with Gasteiger partial charge in [0.15, 0.2) is 16.6 Å². The third kappa shape index (κ3) is 21.2. The zero-order chi connectivity index (χ0) is 21.8. The Kier molecular flexibility index (Phi) is 19.0. The quantitative estimate of drug-likeness (QED) is 0.183. The monoisotopic (exact) mass is 454 g/mol. The standard InChI is InChI=1S/C20H46O7Si2/c1-21-11-13-25-17-15-23-9-7-19-28(3,4)27-29(5,6)20-8-10-24-16-18-26-14-12-22-2/h7-20H2,1-6H3. The fourth-order valence-corrected chi connectivity index (χ4v) is 11.8. The van der Waals surface area contributed by atoms with Gasteiger partial charge in [0.1, 0.15) is 0 Å². The summed E-state index contributed by atoms with van der Waals surface area (Å²) in [6.45, 7) is 15.9. The fraction of sp³-hybridized carbons (Fsp3) is 1.00. The molecule has 176 valence electrons. The summed E-state index contributed by atoms with van der Waals surface area (Å²) in [6, 6.07) is 2.26. The molecule has 0 aromatic heterocycles. The molecular weight excluding hydrogens is 408 g/mol. The van der Waals surface area contributed by atoms with Gasteiger partial charge in [-0.25, -0.2) is 0 Å². The Morgan fingerprint density at radius 1 is 0.448 bits per heavy atom. The lowest BCUT2D eigenvalue weighted by molar-refractivity contribution is 0.0248. The normalized spacial score (nSPS) is 12.6. The largest absolute Gasteiger partial charge is 0.455 e. The second kappa shape index (κ2) is 18.9. The van der Waals surface area contributed by atoms with Gasteiger partial charge in [-0.1, -0.05) is 0 Å². The molecule has 0 aromatic rings. The van der Waals surface area contributed by atoms with E-state index in [0.717, 1.165) is 38.1 Å². The van der Waals surface area contributed by atoms with Crippen LogP contribution in [0, 0.1) is 0 Å². The van der Waals surface area contributed by atoms with Crippen molar-refractivity contribution in [3.05, 3.63) is 0 Å². The van der Waals surface area contributed by atoms with Crippen molar-refractivity contribution in [3.8, 4) is 0 Å². The van der Waals surface area contributed by atoms with E-state index in [2.05, 4.69) is 26.2 Å². The van der Waals surface area contributed by atoms with Gasteiger partial charge < -0.3 is 32.5 Å². The minimum absolute atomic E-state index is 0.626. The van der Waals surface area contributed by atoms with E-state index in [4.69, 9.17) is 32.5 Å². The van der Waals surface area contributed by atoms with Crippen LogP contribution in [0.1, 0.15) is 12.8 Å². The first-order valence-corrected chi connectivity index (χ1v) is 17.0. The summed E-state index contributed by atoms with van der Waals surface area (Å²) in [5, 5.41) is 0. The average molecular weight is 455 g/mol. The maximum absolute atomic E-state index is 6.66. The second-order valence-corrected chi connectivity index (χ2v) is 17.1. The molecule has 9 heteroatoms. The van der Waals surface area contributed by atoms with Gasteiger partial charge in [0.25, 0.3) is 0 Å². The minimum atomic E-state index is -1.66. The lowest BCUT2D eigenvalue weighted by Gasteiger charge is -2.34. The van der Waals surface area contributed by atoms with Crippen LogP contribution in [0.4, 0.5) is 0 Å². The van der Waals surface area contributed by atoms with Gasteiger partial charge in [0.2, 0.25) is 0 Å². The van der Waals surface area contributed by atoms with Gasteiger partial charge in [0.05, 0.1) is 52.9 Å².